The van der Waals surface area contributed by atoms with Crippen molar-refractivity contribution in [2.24, 2.45) is 0 Å². The summed E-state index contributed by atoms with van der Waals surface area (Å²) < 4.78 is 8.02. The van der Waals surface area contributed by atoms with E-state index in [9.17, 15) is 0 Å². The first-order valence-corrected chi connectivity index (χ1v) is 10.6. The van der Waals surface area contributed by atoms with Gasteiger partial charge >= 0.3 is 0 Å². The van der Waals surface area contributed by atoms with E-state index in [1.54, 1.807) is 0 Å². The van der Waals surface area contributed by atoms with Crippen LogP contribution in [0.3, 0.4) is 0 Å². The van der Waals surface area contributed by atoms with Gasteiger partial charge < -0.3 is 9.84 Å². The van der Waals surface area contributed by atoms with E-state index in [4.69, 9.17) is 16.7 Å². The molecule has 1 N–H and O–H groups in total. The van der Waals surface area contributed by atoms with Gasteiger partial charge in [-0.1, -0.05) is 28.6 Å². The van der Waals surface area contributed by atoms with Crippen molar-refractivity contribution in [1.82, 2.24) is 24.7 Å². The second-order valence-electron chi connectivity index (χ2n) is 7.14. The molecule has 4 rings (SSSR count). The minimum atomic E-state index is 0.722. The second-order valence-corrected chi connectivity index (χ2v) is 8.76. The number of aromatic nitrogens is 3. The summed E-state index contributed by atoms with van der Waals surface area (Å²) in [5.74, 6) is 0.930. The summed E-state index contributed by atoms with van der Waals surface area (Å²) >= 11 is 7.03. The smallest absolute Gasteiger partial charge is 0.209 e. The summed E-state index contributed by atoms with van der Waals surface area (Å²) in [5, 5.41) is 12.8. The lowest BCUT2D eigenvalue weighted by atomic mass is 10.2. The number of hydrogen-bond acceptors (Lipinski definition) is 8. The van der Waals surface area contributed by atoms with Gasteiger partial charge in [-0.15, -0.1) is 5.10 Å². The molecule has 1 fully saturated rings. The monoisotopic (exact) mass is 416 g/mol. The van der Waals surface area contributed by atoms with E-state index < -0.39 is 0 Å². The maximum absolute atomic E-state index is 5.52. The Balaban J connectivity index is 1.31. The fourth-order valence-electron chi connectivity index (χ4n) is 3.28. The molecule has 3 heterocycles. The molecule has 1 aromatic carbocycles. The van der Waals surface area contributed by atoms with Crippen LogP contribution in [0.4, 0.5) is 10.8 Å². The van der Waals surface area contributed by atoms with E-state index in [0.717, 1.165) is 65.6 Å². The predicted octanol–water partition coefficient (Wildman–Crippen LogP) is 3.80. The lowest BCUT2D eigenvalue weighted by Crippen LogP contribution is -2.46. The molecule has 0 atom stereocenters. The first-order valence-electron chi connectivity index (χ1n) is 9.34. The molecule has 0 saturated carbocycles. The number of piperazine rings is 1. The third-order valence-corrected chi connectivity index (χ3v) is 5.95. The van der Waals surface area contributed by atoms with Crippen LogP contribution in [0.2, 0.25) is 0 Å². The van der Waals surface area contributed by atoms with Crippen LogP contribution in [-0.2, 0) is 13.2 Å². The summed E-state index contributed by atoms with van der Waals surface area (Å²) in [7, 11) is 0. The van der Waals surface area contributed by atoms with Crippen molar-refractivity contribution in [2.75, 3.05) is 31.5 Å². The molecule has 0 amide bonds. The Kier molecular flexibility index (Phi) is 5.86. The minimum Gasteiger partial charge on any atom is -0.360 e. The summed E-state index contributed by atoms with van der Waals surface area (Å²) in [6, 6.07) is 10.3. The van der Waals surface area contributed by atoms with Gasteiger partial charge in [0.05, 0.1) is 18.9 Å². The van der Waals surface area contributed by atoms with E-state index in [2.05, 4.69) is 44.4 Å². The third-order valence-electron chi connectivity index (χ3n) is 4.73. The molecule has 0 radical (unpaired) electrons. The molecule has 2 aromatic heterocycles. The zero-order valence-corrected chi connectivity index (χ0v) is 17.7. The van der Waals surface area contributed by atoms with Crippen molar-refractivity contribution < 1.29 is 4.52 Å². The van der Waals surface area contributed by atoms with E-state index in [-0.39, 0.29) is 0 Å². The number of aryl methyl sites for hydroxylation is 2. The van der Waals surface area contributed by atoms with Crippen LogP contribution in [0, 0.1) is 17.8 Å². The second kappa shape index (κ2) is 8.52. The first-order chi connectivity index (χ1) is 13.5. The summed E-state index contributed by atoms with van der Waals surface area (Å²) in [5.41, 5.74) is 3.18. The maximum atomic E-state index is 5.52. The number of rotatable bonds is 6. The van der Waals surface area contributed by atoms with E-state index in [0.29, 0.717) is 0 Å². The number of benzene rings is 1. The highest BCUT2D eigenvalue weighted by Crippen LogP contribution is 2.21. The van der Waals surface area contributed by atoms with Crippen LogP contribution < -0.4 is 5.32 Å². The molecule has 0 spiro atoms. The molecule has 0 unspecified atom stereocenters. The van der Waals surface area contributed by atoms with Crippen molar-refractivity contribution in [1.29, 1.82) is 0 Å². The summed E-state index contributed by atoms with van der Waals surface area (Å²) in [6.07, 6.45) is 0. The van der Waals surface area contributed by atoms with Gasteiger partial charge in [-0.2, -0.15) is 0 Å². The Labute approximate surface area is 173 Å². The molecule has 0 aliphatic carbocycles. The highest BCUT2D eigenvalue weighted by atomic mass is 32.1. The van der Waals surface area contributed by atoms with Gasteiger partial charge in [0.2, 0.25) is 5.13 Å². The Morgan fingerprint density at radius 3 is 2.64 bits per heavy atom. The Bertz CT molecular complexity index is 986. The molecule has 1 aliphatic rings. The normalized spacial score (nSPS) is 15.8. The lowest BCUT2D eigenvalue weighted by Gasteiger charge is -2.33. The summed E-state index contributed by atoms with van der Waals surface area (Å²) in [4.78, 5) is 4.77. The molecule has 28 heavy (non-hydrogen) atoms. The van der Waals surface area contributed by atoms with Crippen molar-refractivity contribution in [3.8, 4) is 0 Å². The van der Waals surface area contributed by atoms with Crippen molar-refractivity contribution >= 4 is 34.4 Å². The van der Waals surface area contributed by atoms with Crippen LogP contribution in [0.25, 0.3) is 0 Å². The third kappa shape index (κ3) is 4.85. The Hall–Kier alpha value is -2.07. The van der Waals surface area contributed by atoms with E-state index in [1.165, 1.54) is 16.9 Å². The standard InChI is InChI=1S/C19H24N6OS2/c1-14-4-3-5-16(10-14)20-18-21-25(19(27)28-18)13-24-8-6-23(7-9-24)12-17-11-15(2)22-26-17/h3-5,10-11H,6-9,12-13H2,1-2H3,(H,20,21). The van der Waals surface area contributed by atoms with Crippen LogP contribution >= 0.6 is 23.6 Å². The zero-order chi connectivity index (χ0) is 19.5. The average Bonchev–Trinajstić information content (AvgIpc) is 3.22. The molecule has 0 bridgehead atoms. The molecule has 1 saturated heterocycles. The molecular weight excluding hydrogens is 392 g/mol. The number of nitrogens with zero attached hydrogens (tertiary/aromatic N) is 5. The van der Waals surface area contributed by atoms with Gasteiger partial charge in [-0.25, -0.2) is 4.68 Å². The van der Waals surface area contributed by atoms with Gasteiger partial charge in [-0.05, 0) is 43.8 Å². The summed E-state index contributed by atoms with van der Waals surface area (Å²) in [6.45, 7) is 9.51. The van der Waals surface area contributed by atoms with E-state index >= 15 is 0 Å². The topological polar surface area (TPSA) is 62.4 Å². The van der Waals surface area contributed by atoms with Crippen LogP contribution in [0.1, 0.15) is 17.0 Å². The van der Waals surface area contributed by atoms with Crippen LogP contribution in [-0.4, -0.2) is 50.9 Å². The van der Waals surface area contributed by atoms with Crippen molar-refractivity contribution in [3.63, 3.8) is 0 Å². The van der Waals surface area contributed by atoms with Gasteiger partial charge in [0, 0.05) is 37.9 Å². The van der Waals surface area contributed by atoms with Crippen LogP contribution in [0.5, 0.6) is 0 Å². The van der Waals surface area contributed by atoms with Gasteiger partial charge in [0.1, 0.15) is 0 Å². The highest BCUT2D eigenvalue weighted by Gasteiger charge is 2.19. The zero-order valence-electron chi connectivity index (χ0n) is 16.1. The fraction of sp³-hybridized carbons (Fsp3) is 0.421. The number of nitrogens with one attached hydrogen (secondary N) is 1. The fourth-order valence-corrected chi connectivity index (χ4v) is 4.29. The minimum absolute atomic E-state index is 0.722. The van der Waals surface area contributed by atoms with Crippen LogP contribution in [0.15, 0.2) is 34.9 Å². The van der Waals surface area contributed by atoms with Crippen molar-refractivity contribution in [2.45, 2.75) is 27.1 Å². The Morgan fingerprint density at radius 2 is 1.93 bits per heavy atom. The first kappa shape index (κ1) is 19.3. The molecule has 7 nitrogen and oxygen atoms in total. The van der Waals surface area contributed by atoms with E-state index in [1.807, 2.05) is 29.8 Å². The molecule has 1 aliphatic heterocycles. The largest absolute Gasteiger partial charge is 0.360 e. The average molecular weight is 417 g/mol. The number of anilines is 2. The predicted molar refractivity (Wildman–Crippen MR) is 113 cm³/mol. The molecular formula is C19H24N6OS2. The van der Waals surface area contributed by atoms with Gasteiger partial charge in [0.15, 0.2) is 9.71 Å². The number of hydrogen-bond donors (Lipinski definition) is 1. The lowest BCUT2D eigenvalue weighted by molar-refractivity contribution is 0.0924. The van der Waals surface area contributed by atoms with Crippen molar-refractivity contribution in [3.05, 3.63) is 51.3 Å². The quantitative estimate of drug-likeness (QED) is 0.613. The van der Waals surface area contributed by atoms with Gasteiger partial charge in [-0.3, -0.25) is 9.80 Å². The van der Waals surface area contributed by atoms with Gasteiger partial charge in [0.25, 0.3) is 0 Å². The maximum Gasteiger partial charge on any atom is 0.209 e. The molecule has 9 heteroatoms. The molecule has 148 valence electrons. The highest BCUT2D eigenvalue weighted by molar-refractivity contribution is 7.73. The Morgan fingerprint density at radius 1 is 1.14 bits per heavy atom. The molecule has 3 aromatic rings. The SMILES string of the molecule is Cc1cccc(Nc2nn(CN3CCN(Cc4cc(C)no4)CC3)c(=S)s2)c1.